The predicted octanol–water partition coefficient (Wildman–Crippen LogP) is 3.42. The average molecular weight is 233 g/mol. The van der Waals surface area contributed by atoms with Gasteiger partial charge in [0.05, 0.1) is 6.61 Å². The van der Waals surface area contributed by atoms with E-state index in [1.54, 1.807) is 0 Å². The maximum Gasteiger partial charge on any atom is 0.125 e. The van der Waals surface area contributed by atoms with Crippen molar-refractivity contribution in [3.63, 3.8) is 0 Å². The molecule has 0 amide bonds. The zero-order valence-electron chi connectivity index (χ0n) is 11.3. The molecule has 94 valence electrons. The van der Waals surface area contributed by atoms with Crippen LogP contribution in [-0.2, 0) is 0 Å². The Morgan fingerprint density at radius 1 is 1.29 bits per heavy atom. The topological polar surface area (TPSA) is 35.2 Å². The van der Waals surface area contributed by atoms with Gasteiger partial charge in [0.2, 0.25) is 0 Å². The Hall–Kier alpha value is -1.02. The molecule has 17 heavy (non-hydrogen) atoms. The smallest absolute Gasteiger partial charge is 0.125 e. The van der Waals surface area contributed by atoms with E-state index in [-0.39, 0.29) is 6.04 Å². The van der Waals surface area contributed by atoms with E-state index in [1.165, 1.54) is 35.1 Å². The molecule has 1 atom stereocenters. The quantitative estimate of drug-likeness (QED) is 0.864. The van der Waals surface area contributed by atoms with Gasteiger partial charge in [-0.15, -0.1) is 0 Å². The van der Waals surface area contributed by atoms with E-state index < -0.39 is 0 Å². The van der Waals surface area contributed by atoms with Gasteiger partial charge in [0.25, 0.3) is 0 Å². The standard InChI is InChI=1S/C15H23NO/c1-5-17-15-9(2)8-13(10(3)11(15)4)14(16)12-6-7-12/h8,12,14H,5-7,16H2,1-4H3. The van der Waals surface area contributed by atoms with Gasteiger partial charge < -0.3 is 10.5 Å². The maximum atomic E-state index is 6.32. The van der Waals surface area contributed by atoms with Crippen LogP contribution in [0.3, 0.4) is 0 Å². The highest BCUT2D eigenvalue weighted by atomic mass is 16.5. The van der Waals surface area contributed by atoms with Crippen molar-refractivity contribution in [2.45, 2.75) is 46.6 Å². The molecule has 1 aliphatic carbocycles. The minimum Gasteiger partial charge on any atom is -0.493 e. The molecule has 1 aliphatic rings. The summed E-state index contributed by atoms with van der Waals surface area (Å²) in [5.74, 6) is 1.74. The molecule has 0 bridgehead atoms. The van der Waals surface area contributed by atoms with E-state index >= 15 is 0 Å². The molecule has 0 saturated heterocycles. The largest absolute Gasteiger partial charge is 0.493 e. The lowest BCUT2D eigenvalue weighted by molar-refractivity contribution is 0.335. The van der Waals surface area contributed by atoms with E-state index in [2.05, 4.69) is 26.8 Å². The number of benzene rings is 1. The first kappa shape index (κ1) is 12.4. The third-order valence-electron chi connectivity index (χ3n) is 3.84. The van der Waals surface area contributed by atoms with Crippen molar-refractivity contribution in [2.24, 2.45) is 11.7 Å². The molecule has 0 aliphatic heterocycles. The van der Waals surface area contributed by atoms with Crippen LogP contribution in [0, 0.1) is 26.7 Å². The lowest BCUT2D eigenvalue weighted by Crippen LogP contribution is -2.15. The summed E-state index contributed by atoms with van der Waals surface area (Å²) in [4.78, 5) is 0. The summed E-state index contributed by atoms with van der Waals surface area (Å²) >= 11 is 0. The van der Waals surface area contributed by atoms with Gasteiger partial charge in [-0.1, -0.05) is 6.07 Å². The number of nitrogens with two attached hydrogens (primary N) is 1. The van der Waals surface area contributed by atoms with Crippen molar-refractivity contribution in [2.75, 3.05) is 6.61 Å². The molecule has 1 aromatic rings. The van der Waals surface area contributed by atoms with Crippen LogP contribution >= 0.6 is 0 Å². The Morgan fingerprint density at radius 3 is 2.47 bits per heavy atom. The van der Waals surface area contributed by atoms with Gasteiger partial charge >= 0.3 is 0 Å². The summed E-state index contributed by atoms with van der Waals surface area (Å²) in [6.07, 6.45) is 2.57. The van der Waals surface area contributed by atoms with E-state index in [0.29, 0.717) is 5.92 Å². The second-order valence-corrected chi connectivity index (χ2v) is 5.16. The molecule has 0 heterocycles. The fourth-order valence-electron chi connectivity index (χ4n) is 2.51. The van der Waals surface area contributed by atoms with Crippen LogP contribution in [0.5, 0.6) is 5.75 Å². The van der Waals surface area contributed by atoms with Crippen molar-refractivity contribution < 1.29 is 4.74 Å². The summed E-state index contributed by atoms with van der Waals surface area (Å²) in [6.45, 7) is 9.15. The highest BCUT2D eigenvalue weighted by Crippen LogP contribution is 2.42. The first-order valence-corrected chi connectivity index (χ1v) is 6.55. The zero-order valence-corrected chi connectivity index (χ0v) is 11.3. The minimum absolute atomic E-state index is 0.211. The Bertz CT molecular complexity index is 421. The molecule has 2 heteroatoms. The molecule has 2 nitrogen and oxygen atoms in total. The maximum absolute atomic E-state index is 6.32. The summed E-state index contributed by atoms with van der Waals surface area (Å²) in [7, 11) is 0. The fraction of sp³-hybridized carbons (Fsp3) is 0.600. The monoisotopic (exact) mass is 233 g/mol. The summed E-state index contributed by atoms with van der Waals surface area (Å²) < 4.78 is 5.72. The van der Waals surface area contributed by atoms with Crippen LogP contribution in [0.1, 0.15) is 48.1 Å². The molecule has 1 unspecified atom stereocenters. The molecular weight excluding hydrogens is 210 g/mol. The summed E-state index contributed by atoms with van der Waals surface area (Å²) in [5, 5.41) is 0. The van der Waals surface area contributed by atoms with E-state index in [1.807, 2.05) is 6.92 Å². The fourth-order valence-corrected chi connectivity index (χ4v) is 2.51. The Morgan fingerprint density at radius 2 is 1.94 bits per heavy atom. The first-order chi connectivity index (χ1) is 8.06. The second kappa shape index (κ2) is 4.69. The molecule has 0 aromatic heterocycles. The number of hydrogen-bond acceptors (Lipinski definition) is 2. The minimum atomic E-state index is 0.211. The van der Waals surface area contributed by atoms with Crippen molar-refractivity contribution in [1.29, 1.82) is 0 Å². The van der Waals surface area contributed by atoms with Crippen LogP contribution in [0.15, 0.2) is 6.07 Å². The van der Waals surface area contributed by atoms with Crippen LogP contribution in [-0.4, -0.2) is 6.61 Å². The lowest BCUT2D eigenvalue weighted by Gasteiger charge is -2.20. The number of hydrogen-bond donors (Lipinski definition) is 1. The van der Waals surface area contributed by atoms with Crippen molar-refractivity contribution in [3.05, 3.63) is 28.3 Å². The zero-order chi connectivity index (χ0) is 12.6. The van der Waals surface area contributed by atoms with Crippen LogP contribution in [0.25, 0.3) is 0 Å². The van der Waals surface area contributed by atoms with E-state index in [9.17, 15) is 0 Å². The number of aryl methyl sites for hydroxylation is 1. The average Bonchev–Trinajstić information content (AvgIpc) is 3.12. The summed E-state index contributed by atoms with van der Waals surface area (Å²) in [5.41, 5.74) is 11.4. The third-order valence-corrected chi connectivity index (χ3v) is 3.84. The Kier molecular flexibility index (Phi) is 3.43. The van der Waals surface area contributed by atoms with Gasteiger partial charge in [0.15, 0.2) is 0 Å². The van der Waals surface area contributed by atoms with Crippen molar-refractivity contribution >= 4 is 0 Å². The van der Waals surface area contributed by atoms with Crippen LogP contribution in [0.2, 0.25) is 0 Å². The normalized spacial score (nSPS) is 17.0. The Balaban J connectivity index is 2.41. The van der Waals surface area contributed by atoms with Crippen LogP contribution in [0.4, 0.5) is 0 Å². The van der Waals surface area contributed by atoms with Gasteiger partial charge in [-0.05, 0) is 68.7 Å². The Labute approximate surface area is 104 Å². The van der Waals surface area contributed by atoms with Gasteiger partial charge in [-0.25, -0.2) is 0 Å². The highest BCUT2D eigenvalue weighted by Gasteiger charge is 2.31. The molecular formula is C15H23NO. The van der Waals surface area contributed by atoms with Gasteiger partial charge in [-0.2, -0.15) is 0 Å². The molecule has 1 aromatic carbocycles. The lowest BCUT2D eigenvalue weighted by atomic mass is 9.92. The molecule has 2 rings (SSSR count). The van der Waals surface area contributed by atoms with E-state index in [4.69, 9.17) is 10.5 Å². The third kappa shape index (κ3) is 2.32. The molecule has 0 spiro atoms. The number of rotatable bonds is 4. The molecule has 0 radical (unpaired) electrons. The SMILES string of the molecule is CCOc1c(C)cc(C(N)C2CC2)c(C)c1C. The second-order valence-electron chi connectivity index (χ2n) is 5.16. The highest BCUT2D eigenvalue weighted by molar-refractivity contribution is 5.50. The van der Waals surface area contributed by atoms with Gasteiger partial charge in [0.1, 0.15) is 5.75 Å². The summed E-state index contributed by atoms with van der Waals surface area (Å²) in [6, 6.07) is 2.43. The van der Waals surface area contributed by atoms with Crippen molar-refractivity contribution in [1.82, 2.24) is 0 Å². The molecule has 2 N–H and O–H groups in total. The van der Waals surface area contributed by atoms with Crippen molar-refractivity contribution in [3.8, 4) is 5.75 Å². The molecule has 1 saturated carbocycles. The van der Waals surface area contributed by atoms with Crippen LogP contribution < -0.4 is 10.5 Å². The predicted molar refractivity (Wildman–Crippen MR) is 71.5 cm³/mol. The molecule has 1 fully saturated rings. The first-order valence-electron chi connectivity index (χ1n) is 6.55. The van der Waals surface area contributed by atoms with Gasteiger partial charge in [0, 0.05) is 6.04 Å². The van der Waals surface area contributed by atoms with Gasteiger partial charge in [-0.3, -0.25) is 0 Å². The van der Waals surface area contributed by atoms with E-state index in [0.717, 1.165) is 12.4 Å². The number of ether oxygens (including phenoxy) is 1.